The Kier molecular flexibility index (Phi) is 14.5. The molecule has 0 spiro atoms. The molecule has 1 aliphatic rings. The first-order valence-corrected chi connectivity index (χ1v) is 11.8. The van der Waals surface area contributed by atoms with Crippen LogP contribution in [0.15, 0.2) is 23.7 Å². The largest absolute Gasteiger partial charge is 0.505 e. The minimum absolute atomic E-state index is 0.252. The summed E-state index contributed by atoms with van der Waals surface area (Å²) in [7, 11) is 0. The smallest absolute Gasteiger partial charge is 0.377 e. The second-order valence-electron chi connectivity index (χ2n) is 8.14. The van der Waals surface area contributed by atoms with Crippen LogP contribution in [0.25, 0.3) is 0 Å². The maximum atomic E-state index is 11.7. The second kappa shape index (κ2) is 16.6. The fourth-order valence-electron chi connectivity index (χ4n) is 3.41. The van der Waals surface area contributed by atoms with Gasteiger partial charge in [-0.05, 0) is 32.1 Å². The Morgan fingerprint density at radius 3 is 2.06 bits per heavy atom. The molecule has 0 aliphatic carbocycles. The molecule has 0 fully saturated rings. The highest BCUT2D eigenvalue weighted by Gasteiger charge is 2.39. The number of carbonyl (C=O) groups is 2. The van der Waals surface area contributed by atoms with Crippen LogP contribution in [0.5, 0.6) is 0 Å². The van der Waals surface area contributed by atoms with Crippen LogP contribution in [0.3, 0.4) is 0 Å². The van der Waals surface area contributed by atoms with Gasteiger partial charge in [-0.3, -0.25) is 4.79 Å². The summed E-state index contributed by atoms with van der Waals surface area (Å²) in [6.07, 6.45) is 17.3. The second-order valence-corrected chi connectivity index (χ2v) is 8.14. The number of cyclic esters (lactones) is 1. The lowest BCUT2D eigenvalue weighted by Gasteiger charge is -2.17. The summed E-state index contributed by atoms with van der Waals surface area (Å²) in [5, 5.41) is 28.5. The predicted octanol–water partition coefficient (Wildman–Crippen LogP) is 5.18. The summed E-state index contributed by atoms with van der Waals surface area (Å²) >= 11 is 0. The Morgan fingerprint density at radius 2 is 1.52 bits per heavy atom. The molecule has 1 heterocycles. The molecule has 7 heteroatoms. The molecule has 0 aromatic rings. The van der Waals surface area contributed by atoms with Crippen LogP contribution < -0.4 is 0 Å². The topological polar surface area (TPSA) is 113 Å². The van der Waals surface area contributed by atoms with Gasteiger partial charge in [0.05, 0.1) is 0 Å². The van der Waals surface area contributed by atoms with Crippen molar-refractivity contribution in [3.05, 3.63) is 23.7 Å². The third-order valence-corrected chi connectivity index (χ3v) is 5.35. The lowest BCUT2D eigenvalue weighted by molar-refractivity contribution is -0.154. The zero-order valence-corrected chi connectivity index (χ0v) is 18.9. The number of rotatable bonds is 18. The van der Waals surface area contributed by atoms with Gasteiger partial charge in [-0.2, -0.15) is 0 Å². The molecule has 1 aliphatic heterocycles. The molecule has 0 radical (unpaired) electrons. The minimum atomic E-state index is -1.42. The molecule has 0 saturated heterocycles. The molecular weight excluding hydrogens is 400 g/mol. The number of hydrogen-bond acceptors (Lipinski definition) is 7. The van der Waals surface area contributed by atoms with E-state index < -0.39 is 42.3 Å². The van der Waals surface area contributed by atoms with Gasteiger partial charge in [0.2, 0.25) is 5.76 Å². The third kappa shape index (κ3) is 11.8. The van der Waals surface area contributed by atoms with E-state index in [0.29, 0.717) is 6.42 Å². The summed E-state index contributed by atoms with van der Waals surface area (Å²) in [4.78, 5) is 22.8. The first-order valence-electron chi connectivity index (χ1n) is 11.8. The van der Waals surface area contributed by atoms with Crippen LogP contribution in [0.2, 0.25) is 0 Å². The molecule has 0 unspecified atom stereocenters. The summed E-state index contributed by atoms with van der Waals surface area (Å²) < 4.78 is 9.56. The molecule has 31 heavy (non-hydrogen) atoms. The van der Waals surface area contributed by atoms with Crippen molar-refractivity contribution in [2.75, 3.05) is 6.61 Å². The average Bonchev–Trinajstić information content (AvgIpc) is 3.02. The molecule has 2 atom stereocenters. The maximum absolute atomic E-state index is 11.7. The molecule has 0 saturated carbocycles. The molecule has 178 valence electrons. The van der Waals surface area contributed by atoms with Gasteiger partial charge in [-0.1, -0.05) is 70.4 Å². The van der Waals surface area contributed by atoms with Crippen molar-refractivity contribution in [1.29, 1.82) is 0 Å². The summed E-state index contributed by atoms with van der Waals surface area (Å²) in [5.74, 6) is -3.23. The van der Waals surface area contributed by atoms with Crippen molar-refractivity contribution in [2.45, 2.75) is 109 Å². The first kappa shape index (κ1) is 27.0. The summed E-state index contributed by atoms with van der Waals surface area (Å²) in [6, 6.07) is 0. The minimum Gasteiger partial charge on any atom is -0.505 e. The van der Waals surface area contributed by atoms with E-state index in [9.17, 15) is 24.9 Å². The highest BCUT2D eigenvalue weighted by atomic mass is 16.6. The molecule has 1 rings (SSSR count). The van der Waals surface area contributed by atoms with Crippen molar-refractivity contribution in [3.63, 3.8) is 0 Å². The van der Waals surface area contributed by atoms with Crippen molar-refractivity contribution < 1.29 is 34.4 Å². The van der Waals surface area contributed by atoms with Crippen LogP contribution in [-0.2, 0) is 19.1 Å². The zero-order chi connectivity index (χ0) is 22.9. The van der Waals surface area contributed by atoms with E-state index in [2.05, 4.69) is 23.8 Å². The molecule has 0 bridgehead atoms. The maximum Gasteiger partial charge on any atom is 0.377 e. The van der Waals surface area contributed by atoms with Crippen molar-refractivity contribution in [2.24, 2.45) is 0 Å². The molecule has 3 N–H and O–H groups in total. The molecule has 0 aromatic heterocycles. The number of carbonyl (C=O) groups excluding carboxylic acids is 2. The van der Waals surface area contributed by atoms with Gasteiger partial charge in [-0.15, -0.1) is 0 Å². The van der Waals surface area contributed by atoms with Crippen LogP contribution in [0, 0.1) is 0 Å². The predicted molar refractivity (Wildman–Crippen MR) is 119 cm³/mol. The number of hydrogen-bond donors (Lipinski definition) is 3. The van der Waals surface area contributed by atoms with E-state index in [4.69, 9.17) is 4.74 Å². The number of unbranched alkanes of at least 4 members (excludes halogenated alkanes) is 11. The van der Waals surface area contributed by atoms with Gasteiger partial charge in [0.15, 0.2) is 11.9 Å². The van der Waals surface area contributed by atoms with Crippen LogP contribution in [0.1, 0.15) is 96.8 Å². The van der Waals surface area contributed by atoms with Gasteiger partial charge in [0.1, 0.15) is 12.7 Å². The fraction of sp³-hybridized carbons (Fsp3) is 0.750. The van der Waals surface area contributed by atoms with E-state index in [1.54, 1.807) is 0 Å². The first-order chi connectivity index (χ1) is 15.0. The van der Waals surface area contributed by atoms with E-state index in [0.717, 1.165) is 32.1 Å². The zero-order valence-electron chi connectivity index (χ0n) is 18.9. The number of esters is 2. The number of aliphatic hydroxyl groups excluding tert-OH is 3. The van der Waals surface area contributed by atoms with Crippen LogP contribution in [0.4, 0.5) is 0 Å². The Hall–Kier alpha value is -2.02. The quantitative estimate of drug-likeness (QED) is 0.153. The van der Waals surface area contributed by atoms with Crippen molar-refractivity contribution in [3.8, 4) is 0 Å². The van der Waals surface area contributed by atoms with Crippen LogP contribution >= 0.6 is 0 Å². The lowest BCUT2D eigenvalue weighted by atomic mass is 10.1. The molecule has 0 aromatic carbocycles. The third-order valence-electron chi connectivity index (χ3n) is 5.35. The lowest BCUT2D eigenvalue weighted by Crippen LogP contribution is -2.33. The monoisotopic (exact) mass is 440 g/mol. The van der Waals surface area contributed by atoms with Gasteiger partial charge < -0.3 is 24.8 Å². The SMILES string of the molecule is CCCCCCCC/C=C/CCCCCCCC(=O)OC[C@H](O)[C@H]1OC(=O)C(O)=C1O. The van der Waals surface area contributed by atoms with Crippen LogP contribution in [-0.4, -0.2) is 46.1 Å². The molecule has 7 nitrogen and oxygen atoms in total. The fourth-order valence-corrected chi connectivity index (χ4v) is 3.41. The van der Waals surface area contributed by atoms with E-state index in [1.165, 1.54) is 44.9 Å². The number of allylic oxidation sites excluding steroid dienone is 2. The van der Waals surface area contributed by atoms with Gasteiger partial charge in [0, 0.05) is 6.42 Å². The Bertz CT molecular complexity index is 582. The van der Waals surface area contributed by atoms with E-state index in [1.807, 2.05) is 0 Å². The Labute approximate surface area is 186 Å². The summed E-state index contributed by atoms with van der Waals surface area (Å²) in [5.41, 5.74) is 0. The Morgan fingerprint density at radius 1 is 0.968 bits per heavy atom. The van der Waals surface area contributed by atoms with Gasteiger partial charge in [0.25, 0.3) is 0 Å². The molecular formula is C24H40O7. The van der Waals surface area contributed by atoms with Gasteiger partial charge >= 0.3 is 11.9 Å². The van der Waals surface area contributed by atoms with E-state index in [-0.39, 0.29) is 6.42 Å². The van der Waals surface area contributed by atoms with E-state index >= 15 is 0 Å². The molecule has 0 amide bonds. The normalized spacial score (nSPS) is 17.4. The summed E-state index contributed by atoms with van der Waals surface area (Å²) in [6.45, 7) is 1.82. The highest BCUT2D eigenvalue weighted by Crippen LogP contribution is 2.21. The number of aliphatic hydroxyl groups is 3. The number of ether oxygens (including phenoxy) is 2. The Balaban J connectivity index is 1.93. The van der Waals surface area contributed by atoms with Crippen molar-refractivity contribution in [1.82, 2.24) is 0 Å². The average molecular weight is 441 g/mol. The highest BCUT2D eigenvalue weighted by molar-refractivity contribution is 5.89. The standard InChI is InChI=1S/C24H40O7/c1-2-3-4-5-6-7-8-9-10-11-12-13-14-15-16-17-20(26)30-18-19(25)23-21(27)22(28)24(29)31-23/h9-10,19,23,25,27-28H,2-8,11-18H2,1H3/b10-9+/t19-,23+/m0/s1. The van der Waals surface area contributed by atoms with Crippen molar-refractivity contribution >= 4 is 11.9 Å². The van der Waals surface area contributed by atoms with Gasteiger partial charge in [-0.25, -0.2) is 4.79 Å².